The molecule has 1 aromatic heterocycles. The minimum atomic E-state index is -0.323. The number of hydrogen-bond acceptors (Lipinski definition) is 2. The summed E-state index contributed by atoms with van der Waals surface area (Å²) in [5.74, 6) is -0.323. The number of aromatic nitrogens is 1. The minimum absolute atomic E-state index is 0.217. The van der Waals surface area contributed by atoms with Crippen molar-refractivity contribution in [1.82, 2.24) is 10.3 Å². The highest BCUT2D eigenvalue weighted by atomic mass is 35.5. The van der Waals surface area contributed by atoms with Gasteiger partial charge in [-0.15, -0.1) is 0 Å². The number of dihydropyridines is 1. The van der Waals surface area contributed by atoms with E-state index in [-0.39, 0.29) is 11.9 Å². The second-order valence-electron chi connectivity index (χ2n) is 7.16. The van der Waals surface area contributed by atoms with Gasteiger partial charge in [-0.05, 0) is 60.6 Å². The van der Waals surface area contributed by atoms with Crippen LogP contribution in [0.1, 0.15) is 37.3 Å². The zero-order chi connectivity index (χ0) is 19.5. The lowest BCUT2D eigenvalue weighted by molar-refractivity contribution is 0.621. The lowest BCUT2D eigenvalue weighted by atomic mass is 9.81. The van der Waals surface area contributed by atoms with Gasteiger partial charge in [0.1, 0.15) is 5.82 Å². The maximum absolute atomic E-state index is 13.4. The van der Waals surface area contributed by atoms with Crippen molar-refractivity contribution in [2.24, 2.45) is 0 Å². The molecule has 1 atom stereocenters. The number of rotatable bonds is 4. The van der Waals surface area contributed by atoms with Gasteiger partial charge < -0.3 is 5.32 Å². The number of nitrogens with zero attached hydrogens (tertiary/aromatic N) is 1. The fourth-order valence-electron chi connectivity index (χ4n) is 3.87. The Hall–Kier alpha value is -2.65. The average Bonchev–Trinajstić information content (AvgIpc) is 2.69. The van der Waals surface area contributed by atoms with Gasteiger partial charge in [0.25, 0.3) is 0 Å². The van der Waals surface area contributed by atoms with E-state index in [4.69, 9.17) is 11.6 Å². The first-order valence-corrected chi connectivity index (χ1v) is 9.91. The number of pyridine rings is 1. The minimum Gasteiger partial charge on any atom is -0.382 e. The van der Waals surface area contributed by atoms with Gasteiger partial charge in [0.05, 0.1) is 6.20 Å². The lowest BCUT2D eigenvalue weighted by Crippen LogP contribution is -2.33. The van der Waals surface area contributed by atoms with E-state index in [1.54, 1.807) is 6.20 Å². The molecule has 0 spiro atoms. The first-order chi connectivity index (χ1) is 13.6. The summed E-state index contributed by atoms with van der Waals surface area (Å²) >= 11 is 6.39. The molecule has 2 aromatic rings. The topological polar surface area (TPSA) is 24.9 Å². The highest BCUT2D eigenvalue weighted by Gasteiger charge is 2.27. The summed E-state index contributed by atoms with van der Waals surface area (Å²) in [6.45, 7) is 2.19. The smallest absolute Gasteiger partial charge is 0.142 e. The molecule has 28 heavy (non-hydrogen) atoms. The standard InChI is InChI=1S/C24H22ClFN2/c1-16-21(9-5-6-17-12-20(26)15-27-14-17)24(18-7-3-2-4-8-18)22-13-19(25)10-11-23(22)28-16/h2-8,12-16,28H,9-11H2,1H3/b6-5+. The molecule has 1 aliphatic heterocycles. The Morgan fingerprint density at radius 1 is 1.21 bits per heavy atom. The Balaban J connectivity index is 1.75. The van der Waals surface area contributed by atoms with Crippen LogP contribution in [-0.2, 0) is 0 Å². The molecule has 2 aliphatic rings. The number of benzene rings is 1. The van der Waals surface area contributed by atoms with Crippen molar-refractivity contribution in [3.05, 3.63) is 99.8 Å². The number of allylic oxidation sites excluding steroid dienone is 6. The van der Waals surface area contributed by atoms with Crippen LogP contribution in [0, 0.1) is 5.82 Å². The van der Waals surface area contributed by atoms with E-state index in [9.17, 15) is 4.39 Å². The Bertz CT molecular complexity index is 1000. The van der Waals surface area contributed by atoms with Crippen LogP contribution >= 0.6 is 11.6 Å². The Morgan fingerprint density at radius 3 is 2.82 bits per heavy atom. The third-order valence-corrected chi connectivity index (χ3v) is 5.48. The van der Waals surface area contributed by atoms with Crippen molar-refractivity contribution in [2.75, 3.05) is 0 Å². The molecule has 1 aliphatic carbocycles. The molecule has 2 nitrogen and oxygen atoms in total. The third kappa shape index (κ3) is 3.95. The highest BCUT2D eigenvalue weighted by Crippen LogP contribution is 2.40. The van der Waals surface area contributed by atoms with Gasteiger partial charge in [0, 0.05) is 28.5 Å². The summed E-state index contributed by atoms with van der Waals surface area (Å²) in [5, 5.41) is 4.55. The van der Waals surface area contributed by atoms with Gasteiger partial charge in [0.2, 0.25) is 0 Å². The van der Waals surface area contributed by atoms with Crippen LogP contribution in [0.4, 0.5) is 4.39 Å². The molecular formula is C24H22ClFN2. The fourth-order valence-corrected chi connectivity index (χ4v) is 4.08. The van der Waals surface area contributed by atoms with Crippen LogP contribution < -0.4 is 5.32 Å². The van der Waals surface area contributed by atoms with Gasteiger partial charge in [0.15, 0.2) is 0 Å². The third-order valence-electron chi connectivity index (χ3n) is 5.18. The quantitative estimate of drug-likeness (QED) is 0.666. The lowest BCUT2D eigenvalue weighted by Gasteiger charge is -2.33. The fraction of sp³-hybridized carbons (Fsp3) is 0.208. The van der Waals surface area contributed by atoms with E-state index in [0.717, 1.165) is 29.9 Å². The molecule has 0 saturated heterocycles. The van der Waals surface area contributed by atoms with Gasteiger partial charge in [-0.1, -0.05) is 54.1 Å². The predicted molar refractivity (Wildman–Crippen MR) is 114 cm³/mol. The SMILES string of the molecule is CC1NC2=C(C=C(Cl)CC2)C(c2ccccc2)=C1C/C=C/c1cncc(F)c1. The van der Waals surface area contributed by atoms with Crippen molar-refractivity contribution in [1.29, 1.82) is 0 Å². The van der Waals surface area contributed by atoms with Crippen LogP contribution in [0.15, 0.2) is 82.8 Å². The number of nitrogens with one attached hydrogen (secondary N) is 1. The van der Waals surface area contributed by atoms with Crippen LogP contribution in [0.3, 0.4) is 0 Å². The molecule has 4 rings (SSSR count). The summed E-state index contributed by atoms with van der Waals surface area (Å²) in [5.41, 5.74) is 6.96. The summed E-state index contributed by atoms with van der Waals surface area (Å²) in [7, 11) is 0. The molecule has 1 aromatic carbocycles. The van der Waals surface area contributed by atoms with Gasteiger partial charge in [-0.3, -0.25) is 4.98 Å². The first kappa shape index (κ1) is 18.7. The van der Waals surface area contributed by atoms with E-state index in [1.807, 2.05) is 12.1 Å². The zero-order valence-electron chi connectivity index (χ0n) is 15.8. The van der Waals surface area contributed by atoms with Crippen LogP contribution in [0.25, 0.3) is 11.6 Å². The van der Waals surface area contributed by atoms with Crippen molar-refractivity contribution < 1.29 is 4.39 Å². The van der Waals surface area contributed by atoms with Crippen molar-refractivity contribution in [3.8, 4) is 0 Å². The Kier molecular flexibility index (Phi) is 5.45. The summed E-state index contributed by atoms with van der Waals surface area (Å²) < 4.78 is 13.4. The van der Waals surface area contributed by atoms with Gasteiger partial charge in [-0.2, -0.15) is 0 Å². The maximum Gasteiger partial charge on any atom is 0.142 e. The molecule has 0 radical (unpaired) electrons. The highest BCUT2D eigenvalue weighted by molar-refractivity contribution is 6.30. The van der Waals surface area contributed by atoms with Crippen molar-refractivity contribution >= 4 is 23.3 Å². The van der Waals surface area contributed by atoms with Crippen LogP contribution in [-0.4, -0.2) is 11.0 Å². The van der Waals surface area contributed by atoms with Gasteiger partial charge >= 0.3 is 0 Å². The van der Waals surface area contributed by atoms with E-state index >= 15 is 0 Å². The molecule has 0 fully saturated rings. The second-order valence-corrected chi connectivity index (χ2v) is 7.64. The number of halogens is 2. The summed E-state index contributed by atoms with van der Waals surface area (Å²) in [6, 6.07) is 12.2. The molecule has 1 N–H and O–H groups in total. The Labute approximate surface area is 170 Å². The van der Waals surface area contributed by atoms with Crippen molar-refractivity contribution in [3.63, 3.8) is 0 Å². The van der Waals surface area contributed by atoms with E-state index in [0.29, 0.717) is 0 Å². The molecular weight excluding hydrogens is 371 g/mol. The molecule has 142 valence electrons. The largest absolute Gasteiger partial charge is 0.382 e. The Morgan fingerprint density at radius 2 is 2.04 bits per heavy atom. The molecule has 1 unspecified atom stereocenters. The maximum atomic E-state index is 13.4. The van der Waals surface area contributed by atoms with Gasteiger partial charge in [-0.25, -0.2) is 4.39 Å². The summed E-state index contributed by atoms with van der Waals surface area (Å²) in [6.07, 6.45) is 11.6. The molecule has 4 heteroatoms. The summed E-state index contributed by atoms with van der Waals surface area (Å²) in [4.78, 5) is 3.91. The normalized spacial score (nSPS) is 19.5. The van der Waals surface area contributed by atoms with E-state index < -0.39 is 0 Å². The zero-order valence-corrected chi connectivity index (χ0v) is 16.5. The van der Waals surface area contributed by atoms with Crippen LogP contribution in [0.2, 0.25) is 0 Å². The molecule has 2 heterocycles. The van der Waals surface area contributed by atoms with Crippen LogP contribution in [0.5, 0.6) is 0 Å². The molecule has 0 bridgehead atoms. The first-order valence-electron chi connectivity index (χ1n) is 9.53. The monoisotopic (exact) mass is 392 g/mol. The number of hydrogen-bond donors (Lipinski definition) is 1. The van der Waals surface area contributed by atoms with Crippen molar-refractivity contribution in [2.45, 2.75) is 32.2 Å². The molecule has 0 amide bonds. The van der Waals surface area contributed by atoms with E-state index in [2.05, 4.69) is 53.6 Å². The second kappa shape index (κ2) is 8.15. The van der Waals surface area contributed by atoms with E-state index in [1.165, 1.54) is 40.2 Å². The molecule has 0 saturated carbocycles. The predicted octanol–water partition coefficient (Wildman–Crippen LogP) is 6.24. The average molecular weight is 393 g/mol.